The van der Waals surface area contributed by atoms with Crippen LogP contribution in [0.4, 0.5) is 5.88 Å². The van der Waals surface area contributed by atoms with E-state index in [4.69, 9.17) is 10.3 Å². The van der Waals surface area contributed by atoms with Gasteiger partial charge in [-0.05, 0) is 12.5 Å². The average Bonchev–Trinajstić information content (AvgIpc) is 2.62. The molecule has 0 aliphatic heterocycles. The molecule has 0 bridgehead atoms. The third kappa shape index (κ3) is 1.83. The summed E-state index contributed by atoms with van der Waals surface area (Å²) in [6.45, 7) is 2.10. The molecule has 2 heterocycles. The molecule has 0 aliphatic carbocycles. The summed E-state index contributed by atoms with van der Waals surface area (Å²) in [5, 5.41) is 3.95. The Bertz CT molecular complexity index is 436. The summed E-state index contributed by atoms with van der Waals surface area (Å²) in [5.74, 6) is 0.367. The van der Waals surface area contributed by atoms with Crippen molar-refractivity contribution in [2.45, 2.75) is 19.8 Å². The molecule has 0 aliphatic rings. The third-order valence-corrected chi connectivity index (χ3v) is 2.23. The Morgan fingerprint density at radius 1 is 1.47 bits per heavy atom. The number of anilines is 1. The predicted octanol–water partition coefficient (Wildman–Crippen LogP) is 2.27. The van der Waals surface area contributed by atoms with Crippen LogP contribution in [0.2, 0.25) is 0 Å². The van der Waals surface area contributed by atoms with Crippen molar-refractivity contribution in [2.75, 3.05) is 5.73 Å². The van der Waals surface area contributed by atoms with Crippen molar-refractivity contribution in [3.05, 3.63) is 30.2 Å². The number of hydrogen-bond donors (Lipinski definition) is 1. The van der Waals surface area contributed by atoms with Crippen LogP contribution in [-0.2, 0) is 6.42 Å². The van der Waals surface area contributed by atoms with Gasteiger partial charge in [-0.25, -0.2) is 0 Å². The zero-order chi connectivity index (χ0) is 10.7. The molecule has 0 spiro atoms. The van der Waals surface area contributed by atoms with E-state index in [2.05, 4.69) is 17.1 Å². The normalized spacial score (nSPS) is 10.5. The van der Waals surface area contributed by atoms with Gasteiger partial charge in [0, 0.05) is 18.0 Å². The first kappa shape index (κ1) is 9.71. The molecule has 0 unspecified atom stereocenters. The molecular formula is C11H13N3O. The molecule has 0 aromatic carbocycles. The molecular weight excluding hydrogens is 190 g/mol. The van der Waals surface area contributed by atoms with Gasteiger partial charge in [0.15, 0.2) is 0 Å². The van der Waals surface area contributed by atoms with Gasteiger partial charge in [-0.2, -0.15) is 0 Å². The zero-order valence-corrected chi connectivity index (χ0v) is 8.60. The molecule has 0 atom stereocenters. The fourth-order valence-corrected chi connectivity index (χ4v) is 1.56. The lowest BCUT2D eigenvalue weighted by Gasteiger charge is -1.99. The highest BCUT2D eigenvalue weighted by Gasteiger charge is 2.14. The first-order chi connectivity index (χ1) is 7.33. The second kappa shape index (κ2) is 4.13. The lowest BCUT2D eigenvalue weighted by Crippen LogP contribution is -1.90. The molecule has 4 heteroatoms. The second-order valence-corrected chi connectivity index (χ2v) is 3.36. The zero-order valence-electron chi connectivity index (χ0n) is 8.60. The van der Waals surface area contributed by atoms with Crippen LogP contribution in [0.5, 0.6) is 0 Å². The van der Waals surface area contributed by atoms with E-state index in [1.54, 1.807) is 12.4 Å². The van der Waals surface area contributed by atoms with Crippen molar-refractivity contribution in [1.29, 1.82) is 0 Å². The maximum Gasteiger partial charge on any atom is 0.230 e. The molecule has 2 aromatic heterocycles. The minimum absolute atomic E-state index is 0.367. The maximum atomic E-state index is 5.75. The Kier molecular flexibility index (Phi) is 2.67. The highest BCUT2D eigenvalue weighted by atomic mass is 16.5. The monoisotopic (exact) mass is 203 g/mol. The molecule has 2 rings (SSSR count). The number of nitrogens with two attached hydrogens (primary N) is 1. The summed E-state index contributed by atoms with van der Waals surface area (Å²) in [7, 11) is 0. The fourth-order valence-electron chi connectivity index (χ4n) is 1.56. The molecule has 0 saturated carbocycles. The van der Waals surface area contributed by atoms with Gasteiger partial charge in [-0.15, -0.1) is 0 Å². The number of aryl methyl sites for hydroxylation is 1. The standard InChI is InChI=1S/C11H13N3O/c1-2-4-9-10(11(12)15-14-9)8-5-3-6-13-7-8/h3,5-7H,2,4,12H2,1H3. The van der Waals surface area contributed by atoms with Crippen LogP contribution in [0.3, 0.4) is 0 Å². The molecule has 2 aromatic rings. The number of pyridine rings is 1. The molecule has 4 nitrogen and oxygen atoms in total. The first-order valence-electron chi connectivity index (χ1n) is 4.97. The van der Waals surface area contributed by atoms with Crippen LogP contribution < -0.4 is 5.73 Å². The molecule has 0 fully saturated rings. The Hall–Kier alpha value is -1.84. The summed E-state index contributed by atoms with van der Waals surface area (Å²) >= 11 is 0. The molecule has 2 N–H and O–H groups in total. The average molecular weight is 203 g/mol. The topological polar surface area (TPSA) is 64.9 Å². The van der Waals surface area contributed by atoms with Gasteiger partial charge in [-0.1, -0.05) is 24.6 Å². The lowest BCUT2D eigenvalue weighted by atomic mass is 10.1. The smallest absolute Gasteiger partial charge is 0.230 e. The molecule has 78 valence electrons. The van der Waals surface area contributed by atoms with Crippen molar-refractivity contribution in [3.63, 3.8) is 0 Å². The summed E-state index contributed by atoms with van der Waals surface area (Å²) in [6, 6.07) is 3.83. The van der Waals surface area contributed by atoms with E-state index >= 15 is 0 Å². The van der Waals surface area contributed by atoms with E-state index in [0.717, 1.165) is 29.7 Å². The number of aromatic nitrogens is 2. The summed E-state index contributed by atoms with van der Waals surface area (Å²) in [6.07, 6.45) is 5.37. The van der Waals surface area contributed by atoms with Gasteiger partial charge in [0.05, 0.1) is 11.3 Å². The van der Waals surface area contributed by atoms with E-state index in [9.17, 15) is 0 Å². The fraction of sp³-hybridized carbons (Fsp3) is 0.273. The van der Waals surface area contributed by atoms with E-state index < -0.39 is 0 Å². The van der Waals surface area contributed by atoms with Crippen LogP contribution in [0.1, 0.15) is 19.0 Å². The molecule has 0 radical (unpaired) electrons. The van der Waals surface area contributed by atoms with E-state index in [1.165, 1.54) is 0 Å². The second-order valence-electron chi connectivity index (χ2n) is 3.36. The molecule has 0 saturated heterocycles. The highest BCUT2D eigenvalue weighted by Crippen LogP contribution is 2.29. The number of nitrogens with zero attached hydrogens (tertiary/aromatic N) is 2. The number of rotatable bonds is 3. The van der Waals surface area contributed by atoms with Crippen molar-refractivity contribution in [3.8, 4) is 11.1 Å². The van der Waals surface area contributed by atoms with Gasteiger partial charge in [-0.3, -0.25) is 4.98 Å². The summed E-state index contributed by atoms with van der Waals surface area (Å²) < 4.78 is 5.00. The first-order valence-corrected chi connectivity index (χ1v) is 4.97. The summed E-state index contributed by atoms with van der Waals surface area (Å²) in [5.41, 5.74) is 8.49. The SMILES string of the molecule is CCCc1noc(N)c1-c1cccnc1. The van der Waals surface area contributed by atoms with Crippen LogP contribution in [-0.4, -0.2) is 10.1 Å². The van der Waals surface area contributed by atoms with Gasteiger partial charge in [0.2, 0.25) is 5.88 Å². The number of nitrogen functional groups attached to an aromatic ring is 1. The minimum Gasteiger partial charge on any atom is -0.367 e. The third-order valence-electron chi connectivity index (χ3n) is 2.23. The van der Waals surface area contributed by atoms with Crippen LogP contribution >= 0.6 is 0 Å². The van der Waals surface area contributed by atoms with Crippen LogP contribution in [0.15, 0.2) is 29.0 Å². The minimum atomic E-state index is 0.367. The maximum absolute atomic E-state index is 5.75. The molecule has 15 heavy (non-hydrogen) atoms. The van der Waals surface area contributed by atoms with Crippen molar-refractivity contribution >= 4 is 5.88 Å². The molecule has 0 amide bonds. The van der Waals surface area contributed by atoms with Crippen LogP contribution in [0, 0.1) is 0 Å². The van der Waals surface area contributed by atoms with Crippen LogP contribution in [0.25, 0.3) is 11.1 Å². The highest BCUT2D eigenvalue weighted by molar-refractivity contribution is 5.74. The Morgan fingerprint density at radius 2 is 2.33 bits per heavy atom. The van der Waals surface area contributed by atoms with Gasteiger partial charge < -0.3 is 10.3 Å². The Balaban J connectivity index is 2.47. The van der Waals surface area contributed by atoms with Crippen molar-refractivity contribution in [1.82, 2.24) is 10.1 Å². The van der Waals surface area contributed by atoms with Gasteiger partial charge in [0.25, 0.3) is 0 Å². The van der Waals surface area contributed by atoms with E-state index in [1.807, 2.05) is 12.1 Å². The summed E-state index contributed by atoms with van der Waals surface area (Å²) in [4.78, 5) is 4.06. The predicted molar refractivity (Wildman–Crippen MR) is 58.1 cm³/mol. The number of hydrogen-bond acceptors (Lipinski definition) is 4. The van der Waals surface area contributed by atoms with Crippen molar-refractivity contribution in [2.24, 2.45) is 0 Å². The quantitative estimate of drug-likeness (QED) is 0.831. The lowest BCUT2D eigenvalue weighted by molar-refractivity contribution is 0.427. The van der Waals surface area contributed by atoms with E-state index in [0.29, 0.717) is 5.88 Å². The van der Waals surface area contributed by atoms with E-state index in [-0.39, 0.29) is 0 Å². The van der Waals surface area contributed by atoms with Gasteiger partial charge >= 0.3 is 0 Å². The largest absolute Gasteiger partial charge is 0.367 e. The Morgan fingerprint density at radius 3 is 3.00 bits per heavy atom. The van der Waals surface area contributed by atoms with Gasteiger partial charge in [0.1, 0.15) is 0 Å². The Labute approximate surface area is 88.1 Å². The van der Waals surface area contributed by atoms with Crippen molar-refractivity contribution < 1.29 is 4.52 Å².